The summed E-state index contributed by atoms with van der Waals surface area (Å²) in [5.41, 5.74) is 0. The van der Waals surface area contributed by atoms with Crippen molar-refractivity contribution in [2.24, 2.45) is 0 Å². The Bertz CT molecular complexity index is 281. The average Bonchev–Trinajstić information content (AvgIpc) is 1.82. The van der Waals surface area contributed by atoms with E-state index >= 15 is 0 Å². The third kappa shape index (κ3) is 6.11. The first-order chi connectivity index (χ1) is 5.83. The molecule has 0 aromatic heterocycles. The van der Waals surface area contributed by atoms with Crippen LogP contribution >= 0.6 is 7.75 Å². The van der Waals surface area contributed by atoms with Crippen LogP contribution in [0.2, 0.25) is 0 Å². The van der Waals surface area contributed by atoms with E-state index in [-0.39, 0.29) is 13.2 Å². The van der Waals surface area contributed by atoms with Crippen molar-refractivity contribution in [3.05, 3.63) is 0 Å². The zero-order valence-corrected chi connectivity index (χ0v) is 8.90. The SMILES string of the molecule is CCOP(=O)(NS(=O)(=O)F)OCC. The molecule has 0 rings (SSSR count). The second kappa shape index (κ2) is 5.02. The maximum absolute atomic E-state index is 12.1. The molecule has 0 aliphatic heterocycles. The lowest BCUT2D eigenvalue weighted by atomic mass is 10.9. The molecule has 0 saturated heterocycles. The summed E-state index contributed by atoms with van der Waals surface area (Å²) in [5, 5.41) is 0. The van der Waals surface area contributed by atoms with E-state index < -0.39 is 18.2 Å². The highest BCUT2D eigenvalue weighted by Gasteiger charge is 2.30. The Morgan fingerprint density at radius 3 is 1.92 bits per heavy atom. The fraction of sp³-hybridized carbons (Fsp3) is 1.00. The first-order valence-electron chi connectivity index (χ1n) is 3.45. The lowest BCUT2D eigenvalue weighted by Gasteiger charge is -2.14. The molecular formula is C4H11FNO5PS. The molecule has 0 aromatic carbocycles. The predicted octanol–water partition coefficient (Wildman–Crippen LogP) is 0.971. The highest BCUT2D eigenvalue weighted by molar-refractivity contribution is 7.90. The fourth-order valence-electron chi connectivity index (χ4n) is 0.563. The standard InChI is InChI=1S/C4H11FNO5PS/c1-3-10-12(7,11-4-2)6-13(5,8)9/h3-4H2,1-2H3,(H,6,7). The Morgan fingerprint density at radius 1 is 1.31 bits per heavy atom. The van der Waals surface area contributed by atoms with Gasteiger partial charge in [0.1, 0.15) is 0 Å². The molecule has 0 atom stereocenters. The van der Waals surface area contributed by atoms with Crippen molar-refractivity contribution in [2.75, 3.05) is 13.2 Å². The van der Waals surface area contributed by atoms with Crippen LogP contribution in [0.15, 0.2) is 0 Å². The van der Waals surface area contributed by atoms with Crippen LogP contribution in [0.1, 0.15) is 13.8 Å². The molecule has 0 radical (unpaired) electrons. The van der Waals surface area contributed by atoms with Gasteiger partial charge in [-0.05, 0) is 13.8 Å². The lowest BCUT2D eigenvalue weighted by Crippen LogP contribution is -2.19. The molecule has 0 heterocycles. The Labute approximate surface area is 76.4 Å². The van der Waals surface area contributed by atoms with E-state index in [1.807, 2.05) is 0 Å². The van der Waals surface area contributed by atoms with Gasteiger partial charge in [-0.25, -0.2) is 4.57 Å². The third-order valence-electron chi connectivity index (χ3n) is 0.819. The van der Waals surface area contributed by atoms with E-state index in [1.165, 1.54) is 13.8 Å². The van der Waals surface area contributed by atoms with Gasteiger partial charge in [0.05, 0.1) is 13.2 Å². The monoisotopic (exact) mass is 235 g/mol. The Morgan fingerprint density at radius 2 is 1.69 bits per heavy atom. The molecule has 9 heteroatoms. The molecule has 1 N–H and O–H groups in total. The first kappa shape index (κ1) is 13.0. The van der Waals surface area contributed by atoms with Crippen molar-refractivity contribution in [1.82, 2.24) is 4.49 Å². The Hall–Kier alpha value is -0.0100. The van der Waals surface area contributed by atoms with Gasteiger partial charge < -0.3 is 0 Å². The molecule has 80 valence electrons. The molecule has 0 aromatic rings. The molecule has 13 heavy (non-hydrogen) atoms. The summed E-state index contributed by atoms with van der Waals surface area (Å²) in [4.78, 5) is 0. The number of halogens is 1. The van der Waals surface area contributed by atoms with Gasteiger partial charge in [-0.1, -0.05) is 8.38 Å². The topological polar surface area (TPSA) is 81.7 Å². The summed E-state index contributed by atoms with van der Waals surface area (Å²) in [6.45, 7) is 2.83. The molecule has 0 amide bonds. The number of rotatable bonds is 6. The van der Waals surface area contributed by atoms with Gasteiger partial charge in [-0.2, -0.15) is 8.42 Å². The molecule has 6 nitrogen and oxygen atoms in total. The molecular weight excluding hydrogens is 224 g/mol. The normalized spacial score (nSPS) is 13.2. The van der Waals surface area contributed by atoms with Gasteiger partial charge in [0.2, 0.25) is 0 Å². The Kier molecular flexibility index (Phi) is 5.01. The zero-order chi connectivity index (χ0) is 10.5. The molecule has 0 aliphatic carbocycles. The van der Waals surface area contributed by atoms with Gasteiger partial charge in [0, 0.05) is 0 Å². The van der Waals surface area contributed by atoms with E-state index in [0.29, 0.717) is 0 Å². The van der Waals surface area contributed by atoms with Crippen molar-refractivity contribution in [3.63, 3.8) is 0 Å². The number of hydrogen-bond acceptors (Lipinski definition) is 5. The molecule has 0 unspecified atom stereocenters. The van der Waals surface area contributed by atoms with E-state index in [9.17, 15) is 16.9 Å². The quantitative estimate of drug-likeness (QED) is 0.548. The van der Waals surface area contributed by atoms with Crippen molar-refractivity contribution >= 4 is 18.2 Å². The zero-order valence-electron chi connectivity index (χ0n) is 7.19. The van der Waals surface area contributed by atoms with E-state index in [2.05, 4.69) is 9.05 Å². The maximum Gasteiger partial charge on any atom is 0.421 e. The molecule has 0 spiro atoms. The maximum atomic E-state index is 12.1. The first-order valence-corrected chi connectivity index (χ1v) is 6.38. The highest BCUT2D eigenvalue weighted by atomic mass is 32.3. The van der Waals surface area contributed by atoms with Crippen LogP contribution in [0, 0.1) is 0 Å². The van der Waals surface area contributed by atoms with Crippen molar-refractivity contribution in [2.45, 2.75) is 13.8 Å². The van der Waals surface area contributed by atoms with E-state index in [1.54, 1.807) is 0 Å². The number of nitrogens with one attached hydrogen (secondary N) is 1. The second-order valence-electron chi connectivity index (χ2n) is 1.86. The minimum Gasteiger partial charge on any atom is -0.296 e. The van der Waals surface area contributed by atoms with Crippen LogP contribution in [0.25, 0.3) is 0 Å². The van der Waals surface area contributed by atoms with Crippen molar-refractivity contribution in [3.8, 4) is 0 Å². The van der Waals surface area contributed by atoms with Gasteiger partial charge >= 0.3 is 18.2 Å². The molecule has 0 bridgehead atoms. The molecule has 0 fully saturated rings. The van der Waals surface area contributed by atoms with Crippen LogP contribution in [0.3, 0.4) is 0 Å². The van der Waals surface area contributed by atoms with E-state index in [0.717, 1.165) is 4.49 Å². The summed E-state index contributed by atoms with van der Waals surface area (Å²) in [6.07, 6.45) is 0. The summed E-state index contributed by atoms with van der Waals surface area (Å²) >= 11 is 0. The summed E-state index contributed by atoms with van der Waals surface area (Å²) in [5.74, 6) is 0. The van der Waals surface area contributed by atoms with Crippen LogP contribution in [-0.4, -0.2) is 21.6 Å². The third-order valence-corrected chi connectivity index (χ3v) is 3.78. The minimum absolute atomic E-state index is 0.0558. The summed E-state index contributed by atoms with van der Waals surface area (Å²) < 4.78 is 53.5. The number of hydrogen-bond donors (Lipinski definition) is 1. The van der Waals surface area contributed by atoms with Crippen molar-refractivity contribution in [1.29, 1.82) is 0 Å². The minimum atomic E-state index is -5.09. The highest BCUT2D eigenvalue weighted by Crippen LogP contribution is 2.44. The average molecular weight is 235 g/mol. The van der Waals surface area contributed by atoms with Gasteiger partial charge in [-0.3, -0.25) is 9.05 Å². The van der Waals surface area contributed by atoms with E-state index in [4.69, 9.17) is 0 Å². The second-order valence-corrected chi connectivity index (χ2v) is 4.98. The van der Waals surface area contributed by atoms with Gasteiger partial charge in [-0.15, -0.1) is 0 Å². The Balaban J connectivity index is 4.51. The van der Waals surface area contributed by atoms with Crippen LogP contribution in [-0.2, 0) is 24.0 Å². The smallest absolute Gasteiger partial charge is 0.296 e. The lowest BCUT2D eigenvalue weighted by molar-refractivity contribution is 0.216. The fourth-order valence-corrected chi connectivity index (χ4v) is 2.81. The molecule has 0 aliphatic rings. The summed E-state index contributed by atoms with van der Waals surface area (Å²) in [7, 11) is -9.14. The van der Waals surface area contributed by atoms with Crippen LogP contribution in [0.4, 0.5) is 3.89 Å². The van der Waals surface area contributed by atoms with Gasteiger partial charge in [0.15, 0.2) is 0 Å². The molecule has 0 saturated carbocycles. The largest absolute Gasteiger partial charge is 0.421 e. The predicted molar refractivity (Wildman–Crippen MR) is 44.0 cm³/mol. The van der Waals surface area contributed by atoms with Crippen LogP contribution in [0.5, 0.6) is 0 Å². The van der Waals surface area contributed by atoms with Crippen molar-refractivity contribution < 1.29 is 25.9 Å². The van der Waals surface area contributed by atoms with Gasteiger partial charge in [0.25, 0.3) is 0 Å². The summed E-state index contributed by atoms with van der Waals surface area (Å²) in [6, 6.07) is 0. The van der Waals surface area contributed by atoms with Crippen LogP contribution < -0.4 is 4.49 Å².